The highest BCUT2D eigenvalue weighted by Crippen LogP contribution is 2.10. The predicted molar refractivity (Wildman–Crippen MR) is 81.5 cm³/mol. The van der Waals surface area contributed by atoms with E-state index in [1.807, 2.05) is 12.1 Å². The molecule has 0 saturated carbocycles. The smallest absolute Gasteiger partial charge is 0.187 e. The number of hydrogen-bond donors (Lipinski definition) is 2. The lowest BCUT2D eigenvalue weighted by atomic mass is 10.2. The Hall–Kier alpha value is -1.46. The fourth-order valence-electron chi connectivity index (χ4n) is 1.97. The molecule has 0 amide bonds. The zero-order chi connectivity index (χ0) is 13.5. The molecule has 0 aliphatic carbocycles. The lowest BCUT2D eigenvalue weighted by molar-refractivity contribution is 0.114. The molecule has 0 spiro atoms. The van der Waals surface area contributed by atoms with Gasteiger partial charge in [-0.15, -0.1) is 0 Å². The summed E-state index contributed by atoms with van der Waals surface area (Å²) in [5, 5.41) is 7.74. The Balaban J connectivity index is 1.70. The van der Waals surface area contributed by atoms with Crippen molar-refractivity contribution in [1.29, 1.82) is 0 Å². The third kappa shape index (κ3) is 4.96. The summed E-state index contributed by atoms with van der Waals surface area (Å²) in [5.41, 5.74) is 5.07. The van der Waals surface area contributed by atoms with Crippen LogP contribution in [0.4, 0.5) is 0 Å². The van der Waals surface area contributed by atoms with Crippen molar-refractivity contribution in [2.24, 2.45) is 5.10 Å². The molecule has 2 rings (SSSR count). The summed E-state index contributed by atoms with van der Waals surface area (Å²) in [7, 11) is 0. The standard InChI is InChI=1S/C14H19N3OS/c1-11-4-2-5-12(8-11)9-16-17-14(19)15-10-13-6-3-7-18-13/h2,4-5,8-9,13H,3,6-7,10H2,1H3,(H2,15,17,19). The number of ether oxygens (including phenoxy) is 1. The molecule has 2 N–H and O–H groups in total. The second-order valence-corrected chi connectivity index (χ2v) is 5.04. The molecule has 1 atom stereocenters. The molecule has 102 valence electrons. The molecule has 1 saturated heterocycles. The minimum Gasteiger partial charge on any atom is -0.376 e. The molecule has 1 fully saturated rings. The van der Waals surface area contributed by atoms with E-state index in [2.05, 4.69) is 34.9 Å². The van der Waals surface area contributed by atoms with Crippen molar-refractivity contribution in [3.63, 3.8) is 0 Å². The highest BCUT2D eigenvalue weighted by molar-refractivity contribution is 7.80. The number of hydrogen-bond acceptors (Lipinski definition) is 3. The molecule has 0 radical (unpaired) electrons. The van der Waals surface area contributed by atoms with Crippen LogP contribution in [0.25, 0.3) is 0 Å². The first kappa shape index (κ1) is 14.0. The van der Waals surface area contributed by atoms with Crippen LogP contribution in [0.2, 0.25) is 0 Å². The van der Waals surface area contributed by atoms with Gasteiger partial charge in [-0.1, -0.05) is 29.8 Å². The third-order valence-electron chi connectivity index (χ3n) is 2.94. The van der Waals surface area contributed by atoms with Crippen molar-refractivity contribution >= 4 is 23.5 Å². The molecule has 1 aromatic carbocycles. The van der Waals surface area contributed by atoms with E-state index in [0.717, 1.165) is 31.6 Å². The Morgan fingerprint density at radius 2 is 2.47 bits per heavy atom. The second-order valence-electron chi connectivity index (χ2n) is 4.63. The van der Waals surface area contributed by atoms with E-state index in [1.54, 1.807) is 6.21 Å². The topological polar surface area (TPSA) is 45.7 Å². The van der Waals surface area contributed by atoms with Gasteiger partial charge in [0.05, 0.1) is 12.3 Å². The molecule has 19 heavy (non-hydrogen) atoms. The van der Waals surface area contributed by atoms with E-state index in [9.17, 15) is 0 Å². The number of thiocarbonyl (C=S) groups is 1. The monoisotopic (exact) mass is 277 g/mol. The first-order chi connectivity index (χ1) is 9.24. The number of hydrazone groups is 1. The highest BCUT2D eigenvalue weighted by atomic mass is 32.1. The van der Waals surface area contributed by atoms with Crippen LogP contribution in [0.3, 0.4) is 0 Å². The van der Waals surface area contributed by atoms with Gasteiger partial charge in [-0.3, -0.25) is 5.43 Å². The fourth-order valence-corrected chi connectivity index (χ4v) is 2.10. The van der Waals surface area contributed by atoms with Crippen molar-refractivity contribution in [1.82, 2.24) is 10.7 Å². The second kappa shape index (κ2) is 7.21. The van der Waals surface area contributed by atoms with Gasteiger partial charge < -0.3 is 10.1 Å². The molecule has 0 bridgehead atoms. The predicted octanol–water partition coefficient (Wildman–Crippen LogP) is 1.97. The SMILES string of the molecule is Cc1cccc(C=NNC(=S)NCC2CCCO2)c1. The minimum absolute atomic E-state index is 0.278. The van der Waals surface area contributed by atoms with Gasteiger partial charge in [-0.25, -0.2) is 0 Å². The lowest BCUT2D eigenvalue weighted by Gasteiger charge is -2.11. The summed E-state index contributed by atoms with van der Waals surface area (Å²) < 4.78 is 5.50. The van der Waals surface area contributed by atoms with E-state index in [0.29, 0.717) is 5.11 Å². The maximum absolute atomic E-state index is 5.50. The van der Waals surface area contributed by atoms with Crippen molar-refractivity contribution in [3.05, 3.63) is 35.4 Å². The summed E-state index contributed by atoms with van der Waals surface area (Å²) in [6, 6.07) is 8.12. The van der Waals surface area contributed by atoms with Gasteiger partial charge in [0.15, 0.2) is 5.11 Å². The Morgan fingerprint density at radius 1 is 1.58 bits per heavy atom. The molecular weight excluding hydrogens is 258 g/mol. The number of nitrogens with zero attached hydrogens (tertiary/aromatic N) is 1. The van der Waals surface area contributed by atoms with Crippen LogP contribution < -0.4 is 10.7 Å². The van der Waals surface area contributed by atoms with Crippen LogP contribution in [-0.4, -0.2) is 30.6 Å². The zero-order valence-corrected chi connectivity index (χ0v) is 11.9. The van der Waals surface area contributed by atoms with Gasteiger partial charge in [0.2, 0.25) is 0 Å². The molecule has 1 aliphatic rings. The van der Waals surface area contributed by atoms with Crippen molar-refractivity contribution in [2.75, 3.05) is 13.2 Å². The number of nitrogens with one attached hydrogen (secondary N) is 2. The fraction of sp³-hybridized carbons (Fsp3) is 0.429. The van der Waals surface area contributed by atoms with Crippen LogP contribution in [-0.2, 0) is 4.74 Å². The lowest BCUT2D eigenvalue weighted by Crippen LogP contribution is -2.37. The summed E-state index contributed by atoms with van der Waals surface area (Å²) in [5.74, 6) is 0. The molecule has 1 unspecified atom stereocenters. The van der Waals surface area contributed by atoms with E-state index < -0.39 is 0 Å². The normalized spacial score (nSPS) is 18.7. The average Bonchev–Trinajstić information content (AvgIpc) is 2.89. The average molecular weight is 277 g/mol. The zero-order valence-electron chi connectivity index (χ0n) is 11.1. The molecule has 1 aliphatic heterocycles. The Kier molecular flexibility index (Phi) is 5.30. The summed E-state index contributed by atoms with van der Waals surface area (Å²) >= 11 is 5.14. The third-order valence-corrected chi connectivity index (χ3v) is 3.17. The maximum atomic E-state index is 5.50. The summed E-state index contributed by atoms with van der Waals surface area (Å²) in [6.45, 7) is 3.66. The largest absolute Gasteiger partial charge is 0.376 e. The summed E-state index contributed by atoms with van der Waals surface area (Å²) in [6.07, 6.45) is 4.27. The van der Waals surface area contributed by atoms with E-state index in [4.69, 9.17) is 17.0 Å². The number of aryl methyl sites for hydroxylation is 1. The molecule has 0 aromatic heterocycles. The minimum atomic E-state index is 0.278. The van der Waals surface area contributed by atoms with Crippen molar-refractivity contribution < 1.29 is 4.74 Å². The van der Waals surface area contributed by atoms with Gasteiger partial charge in [0.25, 0.3) is 0 Å². The molecule has 5 heteroatoms. The first-order valence-electron chi connectivity index (χ1n) is 6.49. The number of benzene rings is 1. The van der Waals surface area contributed by atoms with Gasteiger partial charge in [0.1, 0.15) is 0 Å². The van der Waals surface area contributed by atoms with Crippen LogP contribution in [0.5, 0.6) is 0 Å². The Morgan fingerprint density at radius 3 is 3.21 bits per heavy atom. The van der Waals surface area contributed by atoms with Crippen LogP contribution in [0, 0.1) is 6.92 Å². The number of rotatable bonds is 4. The highest BCUT2D eigenvalue weighted by Gasteiger charge is 2.14. The van der Waals surface area contributed by atoms with E-state index in [-0.39, 0.29) is 6.10 Å². The van der Waals surface area contributed by atoms with E-state index >= 15 is 0 Å². The molecule has 1 aromatic rings. The Labute approximate surface area is 119 Å². The van der Waals surface area contributed by atoms with Crippen molar-refractivity contribution in [3.8, 4) is 0 Å². The van der Waals surface area contributed by atoms with E-state index in [1.165, 1.54) is 5.56 Å². The van der Waals surface area contributed by atoms with Crippen LogP contribution >= 0.6 is 12.2 Å². The molecule has 4 nitrogen and oxygen atoms in total. The van der Waals surface area contributed by atoms with Gasteiger partial charge in [0, 0.05) is 13.2 Å². The van der Waals surface area contributed by atoms with Gasteiger partial charge in [-0.2, -0.15) is 5.10 Å². The van der Waals surface area contributed by atoms with Gasteiger partial charge in [-0.05, 0) is 37.5 Å². The van der Waals surface area contributed by atoms with Gasteiger partial charge >= 0.3 is 0 Å². The maximum Gasteiger partial charge on any atom is 0.187 e. The molecular formula is C14H19N3OS. The quantitative estimate of drug-likeness (QED) is 0.502. The molecule has 1 heterocycles. The summed E-state index contributed by atoms with van der Waals surface area (Å²) in [4.78, 5) is 0. The van der Waals surface area contributed by atoms with Crippen LogP contribution in [0.15, 0.2) is 29.4 Å². The first-order valence-corrected chi connectivity index (χ1v) is 6.90. The Bertz CT molecular complexity index is 456. The van der Waals surface area contributed by atoms with Crippen molar-refractivity contribution in [2.45, 2.75) is 25.9 Å². The van der Waals surface area contributed by atoms with Crippen LogP contribution in [0.1, 0.15) is 24.0 Å².